The zero-order valence-electron chi connectivity index (χ0n) is 13.3. The summed E-state index contributed by atoms with van der Waals surface area (Å²) in [6, 6.07) is 7.98. The van der Waals surface area contributed by atoms with Crippen molar-refractivity contribution in [2.24, 2.45) is 5.92 Å². The van der Waals surface area contributed by atoms with Crippen molar-refractivity contribution in [3.05, 3.63) is 30.6 Å². The number of aliphatic hydroxyl groups excluding tert-OH is 1. The highest BCUT2D eigenvalue weighted by molar-refractivity contribution is 5.89. The Morgan fingerprint density at radius 2 is 2.09 bits per heavy atom. The molecule has 2 aromatic rings. The van der Waals surface area contributed by atoms with Crippen LogP contribution in [0.15, 0.2) is 30.6 Å². The predicted octanol–water partition coefficient (Wildman–Crippen LogP) is 1.34. The highest BCUT2D eigenvalue weighted by Crippen LogP contribution is 2.27. The van der Waals surface area contributed by atoms with Crippen LogP contribution in [0, 0.1) is 5.92 Å². The Bertz CT molecular complexity index is 676. The predicted molar refractivity (Wildman–Crippen MR) is 89.2 cm³/mol. The molecule has 1 aromatic carbocycles. The van der Waals surface area contributed by atoms with Crippen molar-refractivity contribution >= 4 is 22.6 Å². The Balaban J connectivity index is 1.65. The van der Waals surface area contributed by atoms with Crippen molar-refractivity contribution < 1.29 is 9.90 Å². The first-order valence-electron chi connectivity index (χ1n) is 8.05. The van der Waals surface area contributed by atoms with Crippen molar-refractivity contribution in [1.82, 2.24) is 15.3 Å². The molecule has 6 heteroatoms. The van der Waals surface area contributed by atoms with Gasteiger partial charge in [-0.25, -0.2) is 9.97 Å². The second-order valence-electron chi connectivity index (χ2n) is 6.07. The highest BCUT2D eigenvalue weighted by Gasteiger charge is 2.26. The number of amides is 1. The van der Waals surface area contributed by atoms with Crippen LogP contribution in [0.5, 0.6) is 0 Å². The van der Waals surface area contributed by atoms with Gasteiger partial charge < -0.3 is 15.3 Å². The molecule has 1 aliphatic heterocycles. The molecule has 1 aromatic heterocycles. The summed E-state index contributed by atoms with van der Waals surface area (Å²) in [6.07, 6.45) is 2.68. The van der Waals surface area contributed by atoms with E-state index in [0.717, 1.165) is 42.7 Å². The van der Waals surface area contributed by atoms with E-state index < -0.39 is 6.10 Å². The van der Waals surface area contributed by atoms with Gasteiger partial charge in [-0.3, -0.25) is 4.79 Å². The van der Waals surface area contributed by atoms with E-state index in [4.69, 9.17) is 0 Å². The number of para-hydroxylation sites is 1. The summed E-state index contributed by atoms with van der Waals surface area (Å²) >= 11 is 0. The SMILES string of the molecule is CC(O)CNC(=O)C1CCN(c2ncnc3ccccc23)CC1. The van der Waals surface area contributed by atoms with Crippen LogP contribution >= 0.6 is 0 Å². The van der Waals surface area contributed by atoms with Gasteiger partial charge in [-0.05, 0) is 31.9 Å². The molecule has 1 atom stereocenters. The summed E-state index contributed by atoms with van der Waals surface area (Å²) in [6.45, 7) is 3.58. The van der Waals surface area contributed by atoms with E-state index in [-0.39, 0.29) is 11.8 Å². The maximum atomic E-state index is 12.1. The quantitative estimate of drug-likeness (QED) is 0.890. The molecule has 1 fully saturated rings. The largest absolute Gasteiger partial charge is 0.392 e. The van der Waals surface area contributed by atoms with Crippen LogP contribution in [0.25, 0.3) is 10.9 Å². The molecule has 0 aliphatic carbocycles. The molecule has 2 heterocycles. The lowest BCUT2D eigenvalue weighted by molar-refractivity contribution is -0.126. The molecule has 3 rings (SSSR count). The van der Waals surface area contributed by atoms with Crippen LogP contribution in [0.4, 0.5) is 5.82 Å². The number of benzene rings is 1. The number of aliphatic hydroxyl groups is 1. The Labute approximate surface area is 135 Å². The minimum absolute atomic E-state index is 0.0121. The van der Waals surface area contributed by atoms with Gasteiger partial charge in [-0.15, -0.1) is 0 Å². The van der Waals surface area contributed by atoms with Crippen molar-refractivity contribution in [3.8, 4) is 0 Å². The molecule has 6 nitrogen and oxygen atoms in total. The molecular weight excluding hydrogens is 292 g/mol. The molecule has 0 spiro atoms. The Morgan fingerprint density at radius 3 is 2.83 bits per heavy atom. The number of nitrogens with one attached hydrogen (secondary N) is 1. The van der Waals surface area contributed by atoms with Crippen LogP contribution in [-0.2, 0) is 4.79 Å². The molecule has 1 saturated heterocycles. The third-order valence-electron chi connectivity index (χ3n) is 4.26. The lowest BCUT2D eigenvalue weighted by Gasteiger charge is -2.32. The molecule has 0 saturated carbocycles. The first-order chi connectivity index (χ1) is 11.1. The van der Waals surface area contributed by atoms with Crippen LogP contribution in [0.3, 0.4) is 0 Å². The van der Waals surface area contributed by atoms with Gasteiger partial charge in [-0.2, -0.15) is 0 Å². The summed E-state index contributed by atoms with van der Waals surface area (Å²) in [5.74, 6) is 0.995. The van der Waals surface area contributed by atoms with E-state index in [1.807, 2.05) is 24.3 Å². The van der Waals surface area contributed by atoms with Gasteiger partial charge in [-0.1, -0.05) is 12.1 Å². The van der Waals surface area contributed by atoms with Gasteiger partial charge >= 0.3 is 0 Å². The van der Waals surface area contributed by atoms with Gasteiger partial charge in [0.05, 0.1) is 11.6 Å². The Hall–Kier alpha value is -2.21. The molecule has 2 N–H and O–H groups in total. The van der Waals surface area contributed by atoms with Crippen molar-refractivity contribution in [3.63, 3.8) is 0 Å². The third-order valence-corrected chi connectivity index (χ3v) is 4.26. The number of nitrogens with zero attached hydrogens (tertiary/aromatic N) is 3. The first kappa shape index (κ1) is 15.7. The van der Waals surface area contributed by atoms with E-state index in [1.165, 1.54) is 0 Å². The monoisotopic (exact) mass is 314 g/mol. The minimum atomic E-state index is -0.508. The van der Waals surface area contributed by atoms with Gasteiger partial charge in [0.2, 0.25) is 5.91 Å². The number of fused-ring (bicyclic) bond motifs is 1. The number of carbonyl (C=O) groups excluding carboxylic acids is 1. The smallest absolute Gasteiger partial charge is 0.223 e. The van der Waals surface area contributed by atoms with E-state index in [1.54, 1.807) is 13.3 Å². The van der Waals surface area contributed by atoms with Crippen molar-refractivity contribution in [1.29, 1.82) is 0 Å². The molecule has 1 amide bonds. The molecule has 0 bridgehead atoms. The van der Waals surface area contributed by atoms with Crippen LogP contribution in [-0.4, -0.2) is 46.7 Å². The minimum Gasteiger partial charge on any atom is -0.392 e. The topological polar surface area (TPSA) is 78.4 Å². The van der Waals surface area contributed by atoms with Crippen LogP contribution < -0.4 is 10.2 Å². The number of piperidine rings is 1. The van der Waals surface area contributed by atoms with Gasteiger partial charge in [0.15, 0.2) is 0 Å². The summed E-state index contributed by atoms with van der Waals surface area (Å²) in [5, 5.41) is 13.1. The summed E-state index contributed by atoms with van der Waals surface area (Å²) < 4.78 is 0. The first-order valence-corrected chi connectivity index (χ1v) is 8.05. The fourth-order valence-corrected chi connectivity index (χ4v) is 2.99. The summed E-state index contributed by atoms with van der Waals surface area (Å²) in [5.41, 5.74) is 0.939. The Kier molecular flexibility index (Phi) is 4.71. The second-order valence-corrected chi connectivity index (χ2v) is 6.07. The zero-order chi connectivity index (χ0) is 16.2. The van der Waals surface area contributed by atoms with Gasteiger partial charge in [0.1, 0.15) is 12.1 Å². The summed E-state index contributed by atoms with van der Waals surface area (Å²) in [4.78, 5) is 23.1. The average Bonchev–Trinajstić information content (AvgIpc) is 2.59. The Morgan fingerprint density at radius 1 is 1.35 bits per heavy atom. The maximum Gasteiger partial charge on any atom is 0.223 e. The second kappa shape index (κ2) is 6.91. The number of hydrogen-bond donors (Lipinski definition) is 2. The molecule has 122 valence electrons. The average molecular weight is 314 g/mol. The lowest BCUT2D eigenvalue weighted by Crippen LogP contribution is -2.42. The number of anilines is 1. The van der Waals surface area contributed by atoms with E-state index in [0.29, 0.717) is 6.54 Å². The van der Waals surface area contributed by atoms with Crippen LogP contribution in [0.2, 0.25) is 0 Å². The van der Waals surface area contributed by atoms with E-state index in [2.05, 4.69) is 20.2 Å². The van der Waals surface area contributed by atoms with Crippen LogP contribution in [0.1, 0.15) is 19.8 Å². The van der Waals surface area contributed by atoms with E-state index in [9.17, 15) is 9.90 Å². The number of aromatic nitrogens is 2. The lowest BCUT2D eigenvalue weighted by atomic mass is 9.95. The zero-order valence-corrected chi connectivity index (χ0v) is 13.3. The molecule has 1 unspecified atom stereocenters. The molecule has 0 radical (unpaired) electrons. The van der Waals surface area contributed by atoms with Gasteiger partial charge in [0.25, 0.3) is 0 Å². The van der Waals surface area contributed by atoms with Crippen molar-refractivity contribution in [2.45, 2.75) is 25.9 Å². The molecule has 23 heavy (non-hydrogen) atoms. The third kappa shape index (κ3) is 3.59. The standard InChI is InChI=1S/C17H22N4O2/c1-12(22)10-18-17(23)13-6-8-21(9-7-13)16-14-4-2-3-5-15(14)19-11-20-16/h2-5,11-13,22H,6-10H2,1H3,(H,18,23). The maximum absolute atomic E-state index is 12.1. The number of rotatable bonds is 4. The highest BCUT2D eigenvalue weighted by atomic mass is 16.3. The number of hydrogen-bond acceptors (Lipinski definition) is 5. The van der Waals surface area contributed by atoms with Crippen molar-refractivity contribution in [2.75, 3.05) is 24.5 Å². The van der Waals surface area contributed by atoms with E-state index >= 15 is 0 Å². The van der Waals surface area contributed by atoms with Gasteiger partial charge in [0, 0.05) is 30.9 Å². The molecule has 1 aliphatic rings. The fourth-order valence-electron chi connectivity index (χ4n) is 2.99. The fraction of sp³-hybridized carbons (Fsp3) is 0.471. The molecular formula is C17H22N4O2. The number of carbonyl (C=O) groups is 1. The normalized spacial score (nSPS) is 17.2. The summed E-state index contributed by atoms with van der Waals surface area (Å²) in [7, 11) is 0.